The first-order chi connectivity index (χ1) is 12.5. The van der Waals surface area contributed by atoms with Crippen molar-refractivity contribution in [1.82, 2.24) is 10.2 Å². The van der Waals surface area contributed by atoms with Gasteiger partial charge in [0.2, 0.25) is 0 Å². The largest absolute Gasteiger partial charge is 0.348 e. The van der Waals surface area contributed by atoms with Crippen LogP contribution in [-0.4, -0.2) is 29.9 Å². The fraction of sp³-hybridized carbons (Fsp3) is 0.263. The van der Waals surface area contributed by atoms with Crippen LogP contribution in [0.25, 0.3) is 0 Å². The van der Waals surface area contributed by atoms with Crippen molar-refractivity contribution >= 4 is 29.2 Å². The summed E-state index contributed by atoms with van der Waals surface area (Å²) in [5.41, 5.74) is 1.72. The molecular formula is C19H19ClFN3O2. The molecular weight excluding hydrogens is 357 g/mol. The van der Waals surface area contributed by atoms with E-state index in [1.165, 1.54) is 12.1 Å². The van der Waals surface area contributed by atoms with E-state index in [9.17, 15) is 14.0 Å². The highest BCUT2D eigenvalue weighted by Gasteiger charge is 2.17. The van der Waals surface area contributed by atoms with Gasteiger partial charge in [0.05, 0.1) is 10.6 Å². The first-order valence-electron chi connectivity index (χ1n) is 8.41. The summed E-state index contributed by atoms with van der Waals surface area (Å²) >= 11 is 5.90. The molecule has 0 atom stereocenters. The van der Waals surface area contributed by atoms with Gasteiger partial charge in [0.1, 0.15) is 5.82 Å². The smallest absolute Gasteiger partial charge is 0.321 e. The summed E-state index contributed by atoms with van der Waals surface area (Å²) in [4.78, 5) is 26.1. The Balaban J connectivity index is 1.59. The predicted molar refractivity (Wildman–Crippen MR) is 98.8 cm³/mol. The maximum atomic E-state index is 13.1. The van der Waals surface area contributed by atoms with E-state index in [-0.39, 0.29) is 29.1 Å². The van der Waals surface area contributed by atoms with Crippen molar-refractivity contribution in [2.45, 2.75) is 19.4 Å². The Morgan fingerprint density at radius 1 is 1.12 bits per heavy atom. The van der Waals surface area contributed by atoms with E-state index in [1.807, 2.05) is 12.1 Å². The summed E-state index contributed by atoms with van der Waals surface area (Å²) in [5.74, 6) is -0.880. The number of carbonyl (C=O) groups is 2. The average Bonchev–Trinajstić information content (AvgIpc) is 3.15. The third-order valence-corrected chi connectivity index (χ3v) is 4.51. The molecule has 1 heterocycles. The second-order valence-corrected chi connectivity index (χ2v) is 6.54. The molecule has 0 spiro atoms. The van der Waals surface area contributed by atoms with Crippen LogP contribution in [0.4, 0.5) is 14.9 Å². The molecule has 0 radical (unpaired) electrons. The van der Waals surface area contributed by atoms with Crippen LogP contribution in [0.5, 0.6) is 0 Å². The molecule has 0 aliphatic carbocycles. The van der Waals surface area contributed by atoms with Gasteiger partial charge >= 0.3 is 6.03 Å². The van der Waals surface area contributed by atoms with Gasteiger partial charge in [-0.3, -0.25) is 4.79 Å². The van der Waals surface area contributed by atoms with E-state index in [2.05, 4.69) is 10.6 Å². The highest BCUT2D eigenvalue weighted by atomic mass is 35.5. The lowest BCUT2D eigenvalue weighted by Gasteiger charge is -2.16. The number of carbonyl (C=O) groups excluding carboxylic acids is 2. The molecule has 5 nitrogen and oxygen atoms in total. The maximum Gasteiger partial charge on any atom is 0.321 e. The molecule has 2 aromatic carbocycles. The molecule has 0 unspecified atom stereocenters. The van der Waals surface area contributed by atoms with Gasteiger partial charge in [-0.05, 0) is 48.7 Å². The molecule has 1 aliphatic heterocycles. The highest BCUT2D eigenvalue weighted by molar-refractivity contribution is 6.33. The summed E-state index contributed by atoms with van der Waals surface area (Å²) in [7, 11) is 0. The Bertz CT molecular complexity index is 822. The Morgan fingerprint density at radius 3 is 2.62 bits per heavy atom. The quantitative estimate of drug-likeness (QED) is 0.847. The van der Waals surface area contributed by atoms with Crippen molar-refractivity contribution in [3.05, 3.63) is 64.4 Å². The summed E-state index contributed by atoms with van der Waals surface area (Å²) < 4.78 is 13.1. The van der Waals surface area contributed by atoms with Crippen LogP contribution in [0, 0.1) is 5.82 Å². The van der Waals surface area contributed by atoms with Crippen molar-refractivity contribution < 1.29 is 14.0 Å². The van der Waals surface area contributed by atoms with Crippen LogP contribution in [-0.2, 0) is 6.54 Å². The zero-order valence-electron chi connectivity index (χ0n) is 14.1. The van der Waals surface area contributed by atoms with Crippen LogP contribution in [0.2, 0.25) is 5.02 Å². The third kappa shape index (κ3) is 4.52. The maximum absolute atomic E-state index is 13.1. The molecule has 26 heavy (non-hydrogen) atoms. The van der Waals surface area contributed by atoms with Crippen molar-refractivity contribution in [2.24, 2.45) is 0 Å². The molecule has 3 amide bonds. The number of nitrogens with zero attached hydrogens (tertiary/aromatic N) is 1. The fourth-order valence-corrected chi connectivity index (χ4v) is 3.09. The number of likely N-dealkylation sites (tertiary alicyclic amines) is 1. The topological polar surface area (TPSA) is 61.4 Å². The molecule has 136 valence electrons. The molecule has 1 saturated heterocycles. The Hall–Kier alpha value is -2.60. The van der Waals surface area contributed by atoms with Crippen LogP contribution in [0.15, 0.2) is 42.5 Å². The van der Waals surface area contributed by atoms with Gasteiger partial charge in [0.25, 0.3) is 5.91 Å². The van der Waals surface area contributed by atoms with Gasteiger partial charge in [-0.15, -0.1) is 0 Å². The first-order valence-corrected chi connectivity index (χ1v) is 8.79. The number of benzene rings is 2. The number of amides is 3. The van der Waals surface area contributed by atoms with Gasteiger partial charge in [0, 0.05) is 25.3 Å². The molecule has 3 rings (SSSR count). The second kappa shape index (κ2) is 8.19. The minimum absolute atomic E-state index is 0.0640. The first kappa shape index (κ1) is 18.2. The number of urea groups is 1. The standard InChI is InChI=1S/C19H19ClFN3O2/c20-17-11-14(21)6-7-16(17)18(25)22-12-13-4-3-5-15(10-13)23-19(26)24-8-1-2-9-24/h3-7,10-11H,1-2,8-9,12H2,(H,22,25)(H,23,26). The average molecular weight is 376 g/mol. The van der Waals surface area contributed by atoms with Gasteiger partial charge in [-0.25, -0.2) is 9.18 Å². The lowest BCUT2D eigenvalue weighted by molar-refractivity contribution is 0.0951. The molecule has 0 aromatic heterocycles. The van der Waals surface area contributed by atoms with E-state index in [0.717, 1.165) is 37.6 Å². The van der Waals surface area contributed by atoms with Crippen LogP contribution < -0.4 is 10.6 Å². The Labute approximate surface area is 156 Å². The van der Waals surface area contributed by atoms with E-state index in [4.69, 9.17) is 11.6 Å². The fourth-order valence-electron chi connectivity index (χ4n) is 2.83. The van der Waals surface area contributed by atoms with Crippen molar-refractivity contribution in [2.75, 3.05) is 18.4 Å². The van der Waals surface area contributed by atoms with Crippen molar-refractivity contribution in [1.29, 1.82) is 0 Å². The van der Waals surface area contributed by atoms with Gasteiger partial charge in [-0.2, -0.15) is 0 Å². The van der Waals surface area contributed by atoms with Gasteiger partial charge in [-0.1, -0.05) is 23.7 Å². The Kier molecular flexibility index (Phi) is 5.73. The van der Waals surface area contributed by atoms with Gasteiger partial charge in [0.15, 0.2) is 0 Å². The normalized spacial score (nSPS) is 13.5. The highest BCUT2D eigenvalue weighted by Crippen LogP contribution is 2.18. The number of hydrogen-bond donors (Lipinski definition) is 2. The number of nitrogens with one attached hydrogen (secondary N) is 2. The van der Waals surface area contributed by atoms with E-state index in [0.29, 0.717) is 5.69 Å². The molecule has 2 N–H and O–H groups in total. The minimum Gasteiger partial charge on any atom is -0.348 e. The molecule has 2 aromatic rings. The van der Waals surface area contributed by atoms with Gasteiger partial charge < -0.3 is 15.5 Å². The molecule has 7 heteroatoms. The van der Waals surface area contributed by atoms with Crippen molar-refractivity contribution in [3.8, 4) is 0 Å². The SMILES string of the molecule is O=C(NCc1cccc(NC(=O)N2CCCC2)c1)c1ccc(F)cc1Cl. The summed E-state index contributed by atoms with van der Waals surface area (Å²) in [6, 6.07) is 10.8. The number of halogens is 2. The van der Waals surface area contributed by atoms with Crippen molar-refractivity contribution in [3.63, 3.8) is 0 Å². The number of hydrogen-bond acceptors (Lipinski definition) is 2. The monoisotopic (exact) mass is 375 g/mol. The zero-order valence-corrected chi connectivity index (χ0v) is 14.9. The van der Waals surface area contributed by atoms with E-state index in [1.54, 1.807) is 17.0 Å². The number of anilines is 1. The predicted octanol–water partition coefficient (Wildman–Crippen LogP) is 4.04. The zero-order chi connectivity index (χ0) is 18.5. The van der Waals surface area contributed by atoms with Crippen LogP contribution in [0.3, 0.4) is 0 Å². The van der Waals surface area contributed by atoms with E-state index >= 15 is 0 Å². The summed E-state index contributed by atoms with van der Waals surface area (Å²) in [6.07, 6.45) is 2.07. The van der Waals surface area contributed by atoms with Crippen LogP contribution >= 0.6 is 11.6 Å². The number of rotatable bonds is 4. The van der Waals surface area contributed by atoms with E-state index < -0.39 is 5.82 Å². The Morgan fingerprint density at radius 2 is 1.88 bits per heavy atom. The molecule has 1 aliphatic rings. The molecule has 0 bridgehead atoms. The molecule has 0 saturated carbocycles. The van der Waals surface area contributed by atoms with Crippen LogP contribution in [0.1, 0.15) is 28.8 Å². The lowest BCUT2D eigenvalue weighted by Crippen LogP contribution is -2.32. The second-order valence-electron chi connectivity index (χ2n) is 6.13. The summed E-state index contributed by atoms with van der Waals surface area (Å²) in [5, 5.41) is 5.68. The molecule has 1 fully saturated rings. The minimum atomic E-state index is -0.493. The third-order valence-electron chi connectivity index (χ3n) is 4.20. The summed E-state index contributed by atoms with van der Waals surface area (Å²) in [6.45, 7) is 1.82. The lowest BCUT2D eigenvalue weighted by atomic mass is 10.1.